The van der Waals surface area contributed by atoms with Gasteiger partial charge in [0.2, 0.25) is 0 Å². The first kappa shape index (κ1) is 18.9. The van der Waals surface area contributed by atoms with Crippen molar-refractivity contribution in [2.45, 2.75) is 25.8 Å². The molecule has 1 aromatic heterocycles. The van der Waals surface area contributed by atoms with Crippen LogP contribution < -0.4 is 0 Å². The van der Waals surface area contributed by atoms with Crippen LogP contribution in [0.1, 0.15) is 35.2 Å². The molecule has 1 amide bonds. The summed E-state index contributed by atoms with van der Waals surface area (Å²) in [5.74, 6) is -0.419. The van der Waals surface area contributed by atoms with Crippen LogP contribution in [0.15, 0.2) is 36.7 Å². The summed E-state index contributed by atoms with van der Waals surface area (Å²) in [5, 5.41) is 7.51. The quantitative estimate of drug-likeness (QED) is 0.810. The van der Waals surface area contributed by atoms with E-state index in [-0.39, 0.29) is 5.91 Å². The van der Waals surface area contributed by atoms with E-state index < -0.39 is 11.6 Å². The second-order valence-electron chi connectivity index (χ2n) is 7.76. The minimum atomic E-state index is -0.785. The van der Waals surface area contributed by atoms with Gasteiger partial charge in [0.1, 0.15) is 0 Å². The minimum absolute atomic E-state index is 0.0245. The second-order valence-corrected chi connectivity index (χ2v) is 7.76. The average Bonchev–Trinajstić information content (AvgIpc) is 3.22. The lowest BCUT2D eigenvalue weighted by atomic mass is 9.83. The first-order valence-electron chi connectivity index (χ1n) is 9.83. The number of aromatic nitrogens is 2. The van der Waals surface area contributed by atoms with Crippen molar-refractivity contribution in [2.75, 3.05) is 26.2 Å². The molecule has 1 aromatic carbocycles. The van der Waals surface area contributed by atoms with Crippen molar-refractivity contribution < 1.29 is 13.6 Å². The van der Waals surface area contributed by atoms with Crippen molar-refractivity contribution in [2.24, 2.45) is 11.8 Å². The molecule has 4 rings (SSSR count). The van der Waals surface area contributed by atoms with E-state index in [9.17, 15) is 13.6 Å². The first-order valence-corrected chi connectivity index (χ1v) is 9.83. The van der Waals surface area contributed by atoms with Gasteiger partial charge in [-0.05, 0) is 56.3 Å². The molecular formula is C21H24F2N4O. The van der Waals surface area contributed by atoms with Crippen LogP contribution >= 0.6 is 0 Å². The molecule has 2 aromatic rings. The Bertz CT molecular complexity index is 824. The molecule has 2 aliphatic heterocycles. The maximum atomic E-state index is 13.9. The summed E-state index contributed by atoms with van der Waals surface area (Å²) < 4.78 is 27.3. The zero-order valence-electron chi connectivity index (χ0n) is 15.7. The molecule has 148 valence electrons. The van der Waals surface area contributed by atoms with Gasteiger partial charge in [-0.15, -0.1) is 0 Å². The summed E-state index contributed by atoms with van der Waals surface area (Å²) in [6.45, 7) is 3.75. The van der Waals surface area contributed by atoms with Gasteiger partial charge in [-0.3, -0.25) is 9.69 Å². The van der Waals surface area contributed by atoms with Crippen LogP contribution in [0.3, 0.4) is 0 Å². The van der Waals surface area contributed by atoms with Crippen molar-refractivity contribution >= 4 is 5.91 Å². The van der Waals surface area contributed by atoms with Gasteiger partial charge in [0, 0.05) is 25.2 Å². The Hall–Kier alpha value is -2.41. The van der Waals surface area contributed by atoms with E-state index in [1.54, 1.807) is 18.2 Å². The van der Waals surface area contributed by atoms with Crippen molar-refractivity contribution in [3.63, 3.8) is 0 Å². The first-order chi connectivity index (χ1) is 13.6. The predicted octanol–water partition coefficient (Wildman–Crippen LogP) is 3.13. The summed E-state index contributed by atoms with van der Waals surface area (Å²) in [7, 11) is 0. The van der Waals surface area contributed by atoms with Crippen molar-refractivity contribution in [1.82, 2.24) is 20.0 Å². The standard InChI is InChI=1S/C21H24F2N4O/c22-19-3-1-2-18(20(19)23)13-26-9-5-15(6-10-26)17-7-11-27(14-17)21(28)16-4-8-24-25-12-16/h1-4,8,12,15,17H,5-7,9-11,13-14H2/t17-/m1/s1. The molecule has 0 bridgehead atoms. The Balaban J connectivity index is 1.29. The molecule has 1 atom stereocenters. The highest BCUT2D eigenvalue weighted by Crippen LogP contribution is 2.33. The van der Waals surface area contributed by atoms with Gasteiger partial charge >= 0.3 is 0 Å². The molecule has 28 heavy (non-hydrogen) atoms. The lowest BCUT2D eigenvalue weighted by Gasteiger charge is -2.35. The molecule has 0 aliphatic carbocycles. The Labute approximate surface area is 163 Å². The highest BCUT2D eigenvalue weighted by molar-refractivity contribution is 5.93. The molecule has 0 radical (unpaired) electrons. The number of likely N-dealkylation sites (tertiary alicyclic amines) is 2. The average molecular weight is 386 g/mol. The van der Waals surface area contributed by atoms with Gasteiger partial charge in [0.05, 0.1) is 18.0 Å². The monoisotopic (exact) mass is 386 g/mol. The normalized spacial score (nSPS) is 21.2. The van der Waals surface area contributed by atoms with E-state index in [0.29, 0.717) is 29.5 Å². The summed E-state index contributed by atoms with van der Waals surface area (Å²) in [6.07, 6.45) is 6.13. The highest BCUT2D eigenvalue weighted by atomic mass is 19.2. The summed E-state index contributed by atoms with van der Waals surface area (Å²) in [4.78, 5) is 16.7. The SMILES string of the molecule is O=C(c1ccnnc1)N1CC[C@@H](C2CCN(Cc3cccc(F)c3F)CC2)C1. The fraction of sp³-hybridized carbons (Fsp3) is 0.476. The molecule has 0 unspecified atom stereocenters. The topological polar surface area (TPSA) is 49.3 Å². The van der Waals surface area contributed by atoms with E-state index in [1.807, 2.05) is 4.90 Å². The fourth-order valence-corrected chi connectivity index (χ4v) is 4.45. The second kappa shape index (κ2) is 8.31. The van der Waals surface area contributed by atoms with Gasteiger partial charge < -0.3 is 4.90 Å². The van der Waals surface area contributed by atoms with Crippen molar-refractivity contribution in [3.8, 4) is 0 Å². The van der Waals surface area contributed by atoms with Gasteiger partial charge in [0.25, 0.3) is 5.91 Å². The van der Waals surface area contributed by atoms with Crippen LogP contribution in [0, 0.1) is 23.5 Å². The van der Waals surface area contributed by atoms with Crippen molar-refractivity contribution in [3.05, 3.63) is 59.4 Å². The summed E-state index contributed by atoms with van der Waals surface area (Å²) in [6, 6.07) is 6.06. The van der Waals surface area contributed by atoms with Crippen LogP contribution in [0.25, 0.3) is 0 Å². The maximum Gasteiger partial charge on any atom is 0.255 e. The Kier molecular flexibility index (Phi) is 5.62. The van der Waals surface area contributed by atoms with E-state index in [2.05, 4.69) is 15.1 Å². The number of hydrogen-bond acceptors (Lipinski definition) is 4. The van der Waals surface area contributed by atoms with Gasteiger partial charge in [-0.2, -0.15) is 10.2 Å². The number of piperidine rings is 1. The number of halogens is 2. The van der Waals surface area contributed by atoms with Crippen LogP contribution in [-0.2, 0) is 6.54 Å². The summed E-state index contributed by atoms with van der Waals surface area (Å²) in [5.41, 5.74) is 1.00. The van der Waals surface area contributed by atoms with Crippen LogP contribution in [0.5, 0.6) is 0 Å². The molecule has 3 heterocycles. The molecule has 5 nitrogen and oxygen atoms in total. The molecule has 0 N–H and O–H groups in total. The summed E-state index contributed by atoms with van der Waals surface area (Å²) >= 11 is 0. The van der Waals surface area contributed by atoms with Gasteiger partial charge in [-0.1, -0.05) is 12.1 Å². The molecule has 0 saturated carbocycles. The Morgan fingerprint density at radius 3 is 2.57 bits per heavy atom. The maximum absolute atomic E-state index is 13.9. The predicted molar refractivity (Wildman–Crippen MR) is 100 cm³/mol. The molecule has 2 saturated heterocycles. The largest absolute Gasteiger partial charge is 0.338 e. The minimum Gasteiger partial charge on any atom is -0.338 e. The van der Waals surface area contributed by atoms with Gasteiger partial charge in [0.15, 0.2) is 11.6 Å². The molecule has 0 spiro atoms. The van der Waals surface area contributed by atoms with E-state index >= 15 is 0 Å². The number of amides is 1. The van der Waals surface area contributed by atoms with Crippen LogP contribution in [0.2, 0.25) is 0 Å². The Morgan fingerprint density at radius 2 is 1.82 bits per heavy atom. The van der Waals surface area contributed by atoms with Crippen molar-refractivity contribution in [1.29, 1.82) is 0 Å². The molecule has 2 fully saturated rings. The number of carbonyl (C=O) groups is 1. The van der Waals surface area contributed by atoms with E-state index in [4.69, 9.17) is 0 Å². The molecular weight excluding hydrogens is 362 g/mol. The number of benzene rings is 1. The third kappa shape index (κ3) is 4.04. The molecule has 2 aliphatic rings. The lowest BCUT2D eigenvalue weighted by molar-refractivity contribution is 0.0772. The zero-order valence-corrected chi connectivity index (χ0v) is 15.7. The number of rotatable bonds is 4. The smallest absolute Gasteiger partial charge is 0.255 e. The highest BCUT2D eigenvalue weighted by Gasteiger charge is 2.34. The number of nitrogens with zero attached hydrogens (tertiary/aromatic N) is 4. The van der Waals surface area contributed by atoms with E-state index in [0.717, 1.165) is 51.5 Å². The number of hydrogen-bond donors (Lipinski definition) is 0. The lowest BCUT2D eigenvalue weighted by Crippen LogP contribution is -2.37. The van der Waals surface area contributed by atoms with Crippen LogP contribution in [0.4, 0.5) is 8.78 Å². The third-order valence-corrected chi connectivity index (χ3v) is 6.07. The third-order valence-electron chi connectivity index (χ3n) is 6.07. The molecule has 7 heteroatoms. The van der Waals surface area contributed by atoms with Crippen LogP contribution in [-0.4, -0.2) is 52.1 Å². The van der Waals surface area contributed by atoms with Gasteiger partial charge in [-0.25, -0.2) is 8.78 Å². The number of carbonyl (C=O) groups excluding carboxylic acids is 1. The van der Waals surface area contributed by atoms with E-state index in [1.165, 1.54) is 12.4 Å². The Morgan fingerprint density at radius 1 is 1.04 bits per heavy atom. The fourth-order valence-electron chi connectivity index (χ4n) is 4.45. The zero-order chi connectivity index (χ0) is 19.5.